The predicted molar refractivity (Wildman–Crippen MR) is 86.6 cm³/mol. The third-order valence-electron chi connectivity index (χ3n) is 3.92. The highest BCUT2D eigenvalue weighted by molar-refractivity contribution is 6.30. The molecule has 0 saturated carbocycles. The Kier molecular flexibility index (Phi) is 6.36. The van der Waals surface area contributed by atoms with Gasteiger partial charge >= 0.3 is 0 Å². The third kappa shape index (κ3) is 5.18. The highest BCUT2D eigenvalue weighted by Crippen LogP contribution is 2.14. The molecule has 1 heterocycles. The predicted octanol–water partition coefficient (Wildman–Crippen LogP) is 1.65. The highest BCUT2D eigenvalue weighted by atomic mass is 35.5. The van der Waals surface area contributed by atoms with Crippen LogP contribution < -0.4 is 5.32 Å². The molecule has 2 rings (SSSR count). The number of hydrogen-bond donors (Lipinski definition) is 1. The van der Waals surface area contributed by atoms with Gasteiger partial charge in [-0.25, -0.2) is 4.39 Å². The van der Waals surface area contributed by atoms with Crippen LogP contribution in [0.2, 0.25) is 5.02 Å². The number of piperazine rings is 1. The molecule has 2 amide bonds. The minimum Gasteiger partial charge on any atom is -0.339 e. The number of carbonyl (C=O) groups is 2. The molecule has 5 nitrogen and oxygen atoms in total. The van der Waals surface area contributed by atoms with E-state index in [0.717, 1.165) is 0 Å². The number of hydrogen-bond acceptors (Lipinski definition) is 3. The summed E-state index contributed by atoms with van der Waals surface area (Å²) >= 11 is 5.83. The van der Waals surface area contributed by atoms with Crippen molar-refractivity contribution in [3.05, 3.63) is 34.6 Å². The molecule has 0 spiro atoms. The lowest BCUT2D eigenvalue weighted by Crippen LogP contribution is -2.50. The molecule has 23 heavy (non-hydrogen) atoms. The molecule has 1 aliphatic heterocycles. The van der Waals surface area contributed by atoms with Crippen LogP contribution in [0.3, 0.4) is 0 Å². The number of rotatable bonds is 5. The molecule has 0 unspecified atom stereocenters. The van der Waals surface area contributed by atoms with E-state index in [2.05, 4.69) is 5.32 Å². The maximum Gasteiger partial charge on any atom is 0.223 e. The van der Waals surface area contributed by atoms with E-state index in [1.807, 2.05) is 0 Å². The largest absolute Gasteiger partial charge is 0.339 e. The second-order valence-corrected chi connectivity index (χ2v) is 5.99. The van der Waals surface area contributed by atoms with E-state index < -0.39 is 0 Å². The molecule has 7 heteroatoms. The molecule has 0 bridgehead atoms. The first-order valence-corrected chi connectivity index (χ1v) is 8.03. The molecule has 0 atom stereocenters. The van der Waals surface area contributed by atoms with Crippen molar-refractivity contribution in [3.8, 4) is 0 Å². The maximum atomic E-state index is 13.5. The topological polar surface area (TPSA) is 52.7 Å². The van der Waals surface area contributed by atoms with Gasteiger partial charge in [0.1, 0.15) is 5.82 Å². The molecule has 1 fully saturated rings. The summed E-state index contributed by atoms with van der Waals surface area (Å²) in [6.45, 7) is 4.65. The summed E-state index contributed by atoms with van der Waals surface area (Å²) in [5.74, 6) is -0.219. The Morgan fingerprint density at radius 1 is 1.22 bits per heavy atom. The average Bonchev–Trinajstić information content (AvgIpc) is 2.54. The zero-order valence-electron chi connectivity index (χ0n) is 13.1. The van der Waals surface area contributed by atoms with Crippen molar-refractivity contribution in [2.75, 3.05) is 32.7 Å². The summed E-state index contributed by atoms with van der Waals surface area (Å²) in [6.07, 6.45) is 0.349. The third-order valence-corrected chi connectivity index (χ3v) is 4.15. The maximum absolute atomic E-state index is 13.5. The van der Waals surface area contributed by atoms with Gasteiger partial charge in [-0.2, -0.15) is 0 Å². The second kappa shape index (κ2) is 8.26. The van der Waals surface area contributed by atoms with Gasteiger partial charge in [0.15, 0.2) is 0 Å². The average molecular weight is 342 g/mol. The Labute approximate surface area is 140 Å². The quantitative estimate of drug-likeness (QED) is 0.829. The first-order valence-electron chi connectivity index (χ1n) is 7.65. The molecule has 0 radical (unpaired) electrons. The Morgan fingerprint density at radius 2 is 1.87 bits per heavy atom. The standard InChI is InChI=1S/C16H21ClFN3O2/c1-12(22)20-6-8-21(9-7-20)16(23)4-5-19-11-13-10-14(17)2-3-15(13)18/h2-3,10,19H,4-9,11H2,1H3. The summed E-state index contributed by atoms with van der Waals surface area (Å²) in [6, 6.07) is 4.41. The lowest BCUT2D eigenvalue weighted by atomic mass is 10.2. The van der Waals surface area contributed by atoms with Gasteiger partial charge in [-0.3, -0.25) is 9.59 Å². The van der Waals surface area contributed by atoms with Crippen molar-refractivity contribution in [1.29, 1.82) is 0 Å². The molecule has 0 aliphatic carbocycles. The number of amides is 2. The summed E-state index contributed by atoms with van der Waals surface area (Å²) in [7, 11) is 0. The van der Waals surface area contributed by atoms with E-state index in [9.17, 15) is 14.0 Å². The van der Waals surface area contributed by atoms with Crippen molar-refractivity contribution in [2.24, 2.45) is 0 Å². The van der Waals surface area contributed by atoms with Gasteiger partial charge in [0.2, 0.25) is 11.8 Å². The molecule has 1 saturated heterocycles. The Hall–Kier alpha value is -1.66. The molecule has 1 aromatic carbocycles. The lowest BCUT2D eigenvalue weighted by molar-refractivity contribution is -0.138. The number of benzene rings is 1. The summed E-state index contributed by atoms with van der Waals surface area (Å²) in [5.41, 5.74) is 0.486. The summed E-state index contributed by atoms with van der Waals surface area (Å²) < 4.78 is 13.5. The second-order valence-electron chi connectivity index (χ2n) is 5.55. The van der Waals surface area contributed by atoms with Crippen molar-refractivity contribution in [2.45, 2.75) is 19.9 Å². The molecule has 1 aliphatic rings. The number of carbonyl (C=O) groups excluding carboxylic acids is 2. The van der Waals surface area contributed by atoms with Gasteiger partial charge in [0.25, 0.3) is 0 Å². The van der Waals surface area contributed by atoms with Gasteiger partial charge in [-0.1, -0.05) is 11.6 Å². The lowest BCUT2D eigenvalue weighted by Gasteiger charge is -2.34. The van der Waals surface area contributed by atoms with Gasteiger partial charge < -0.3 is 15.1 Å². The first kappa shape index (κ1) is 17.7. The van der Waals surface area contributed by atoms with Crippen LogP contribution in [0, 0.1) is 5.82 Å². The van der Waals surface area contributed by atoms with E-state index in [1.165, 1.54) is 19.1 Å². The smallest absolute Gasteiger partial charge is 0.223 e. The van der Waals surface area contributed by atoms with Crippen LogP contribution in [0.15, 0.2) is 18.2 Å². The van der Waals surface area contributed by atoms with Crippen LogP contribution in [0.1, 0.15) is 18.9 Å². The fourth-order valence-corrected chi connectivity index (χ4v) is 2.72. The fourth-order valence-electron chi connectivity index (χ4n) is 2.53. The van der Waals surface area contributed by atoms with Gasteiger partial charge in [-0.05, 0) is 18.2 Å². The fraction of sp³-hybridized carbons (Fsp3) is 0.500. The molecule has 1 N–H and O–H groups in total. The zero-order chi connectivity index (χ0) is 16.8. The molecular formula is C16H21ClFN3O2. The van der Waals surface area contributed by atoms with Crippen LogP contribution in [-0.4, -0.2) is 54.3 Å². The number of halogens is 2. The van der Waals surface area contributed by atoms with Crippen molar-refractivity contribution in [1.82, 2.24) is 15.1 Å². The Balaban J connectivity index is 1.69. The molecular weight excluding hydrogens is 321 g/mol. The zero-order valence-corrected chi connectivity index (χ0v) is 13.9. The number of nitrogens with zero attached hydrogens (tertiary/aromatic N) is 2. The van der Waals surface area contributed by atoms with Gasteiger partial charge in [0, 0.05) is 63.2 Å². The Morgan fingerprint density at radius 3 is 2.52 bits per heavy atom. The van der Waals surface area contributed by atoms with Crippen molar-refractivity contribution >= 4 is 23.4 Å². The van der Waals surface area contributed by atoms with E-state index in [0.29, 0.717) is 56.3 Å². The monoisotopic (exact) mass is 341 g/mol. The minimum absolute atomic E-state index is 0.0438. The minimum atomic E-state index is -0.311. The number of nitrogens with one attached hydrogen (secondary N) is 1. The van der Waals surface area contributed by atoms with Gasteiger partial charge in [0.05, 0.1) is 0 Å². The Bertz CT molecular complexity index is 574. The van der Waals surface area contributed by atoms with E-state index in [4.69, 9.17) is 11.6 Å². The molecule has 126 valence electrons. The van der Waals surface area contributed by atoms with Crippen molar-refractivity contribution < 1.29 is 14.0 Å². The SMILES string of the molecule is CC(=O)N1CCN(C(=O)CCNCc2cc(Cl)ccc2F)CC1. The van der Waals surface area contributed by atoms with Crippen LogP contribution in [0.4, 0.5) is 4.39 Å². The van der Waals surface area contributed by atoms with Crippen LogP contribution in [0.25, 0.3) is 0 Å². The van der Waals surface area contributed by atoms with E-state index >= 15 is 0 Å². The summed E-state index contributed by atoms with van der Waals surface area (Å²) in [5, 5.41) is 3.54. The van der Waals surface area contributed by atoms with Gasteiger partial charge in [-0.15, -0.1) is 0 Å². The van der Waals surface area contributed by atoms with E-state index in [1.54, 1.807) is 15.9 Å². The van der Waals surface area contributed by atoms with Crippen LogP contribution in [0.5, 0.6) is 0 Å². The highest BCUT2D eigenvalue weighted by Gasteiger charge is 2.21. The van der Waals surface area contributed by atoms with Crippen LogP contribution in [-0.2, 0) is 16.1 Å². The molecule has 0 aromatic heterocycles. The van der Waals surface area contributed by atoms with E-state index in [-0.39, 0.29) is 17.6 Å². The normalized spacial score (nSPS) is 14.9. The summed E-state index contributed by atoms with van der Waals surface area (Å²) in [4.78, 5) is 26.8. The van der Waals surface area contributed by atoms with Crippen molar-refractivity contribution in [3.63, 3.8) is 0 Å². The molecule has 1 aromatic rings. The van der Waals surface area contributed by atoms with Crippen LogP contribution >= 0.6 is 11.6 Å². The first-order chi connectivity index (χ1) is 11.0.